The van der Waals surface area contributed by atoms with Gasteiger partial charge < -0.3 is 5.32 Å². The number of halogens is 2. The van der Waals surface area contributed by atoms with Crippen LogP contribution in [0.15, 0.2) is 64.2 Å². The molecular formula is C18H14Cl2N2O3S2. The monoisotopic (exact) mass is 440 g/mol. The van der Waals surface area contributed by atoms with Gasteiger partial charge in [0.05, 0.1) is 16.4 Å². The van der Waals surface area contributed by atoms with E-state index in [1.165, 1.54) is 17.4 Å². The third-order valence-corrected chi connectivity index (χ3v) is 7.49. The molecule has 0 spiro atoms. The van der Waals surface area contributed by atoms with E-state index in [1.807, 2.05) is 0 Å². The lowest BCUT2D eigenvalue weighted by molar-refractivity contribution is 0.102. The summed E-state index contributed by atoms with van der Waals surface area (Å²) in [7, 11) is -2.15. The molecular weight excluding hydrogens is 427 g/mol. The lowest BCUT2D eigenvalue weighted by Crippen LogP contribution is -2.25. The van der Waals surface area contributed by atoms with E-state index >= 15 is 0 Å². The minimum Gasteiger partial charge on any atom is -0.321 e. The number of sulfonamides is 1. The van der Waals surface area contributed by atoms with Crippen LogP contribution in [-0.4, -0.2) is 21.4 Å². The highest BCUT2D eigenvalue weighted by molar-refractivity contribution is 7.94. The third-order valence-electron chi connectivity index (χ3n) is 3.78. The van der Waals surface area contributed by atoms with Crippen LogP contribution in [0.3, 0.4) is 0 Å². The Morgan fingerprint density at radius 2 is 1.78 bits per heavy atom. The summed E-state index contributed by atoms with van der Waals surface area (Å²) in [6.07, 6.45) is 0. The molecule has 0 aliphatic heterocycles. The fourth-order valence-electron chi connectivity index (χ4n) is 2.29. The Morgan fingerprint density at radius 1 is 1.07 bits per heavy atom. The maximum Gasteiger partial charge on any atom is 0.273 e. The van der Waals surface area contributed by atoms with E-state index in [-0.39, 0.29) is 10.1 Å². The number of carbonyl (C=O) groups excluding carboxylic acids is 1. The van der Waals surface area contributed by atoms with Crippen LogP contribution in [0.25, 0.3) is 0 Å². The van der Waals surface area contributed by atoms with Gasteiger partial charge in [-0.2, -0.15) is 0 Å². The Bertz CT molecular complexity index is 1070. The Morgan fingerprint density at radius 3 is 2.37 bits per heavy atom. The Kier molecular flexibility index (Phi) is 5.76. The van der Waals surface area contributed by atoms with Gasteiger partial charge in [0.15, 0.2) is 0 Å². The topological polar surface area (TPSA) is 66.5 Å². The van der Waals surface area contributed by atoms with E-state index in [9.17, 15) is 13.2 Å². The van der Waals surface area contributed by atoms with Crippen molar-refractivity contribution in [3.8, 4) is 0 Å². The number of nitrogens with one attached hydrogen (secondary N) is 1. The Balaban J connectivity index is 1.77. The number of rotatable bonds is 5. The zero-order valence-corrected chi connectivity index (χ0v) is 17.2. The fraction of sp³-hybridized carbons (Fsp3) is 0.0556. The molecule has 0 atom stereocenters. The van der Waals surface area contributed by atoms with Gasteiger partial charge in [0.25, 0.3) is 15.9 Å². The first-order valence-corrected chi connectivity index (χ1v) is 10.8. The van der Waals surface area contributed by atoms with Crippen molar-refractivity contribution in [2.24, 2.45) is 0 Å². The number of benzene rings is 2. The number of carbonyl (C=O) groups is 1. The molecule has 0 saturated heterocycles. The van der Waals surface area contributed by atoms with Crippen LogP contribution in [0.2, 0.25) is 10.0 Å². The first-order chi connectivity index (χ1) is 12.8. The van der Waals surface area contributed by atoms with Crippen LogP contribution in [0.5, 0.6) is 0 Å². The zero-order chi connectivity index (χ0) is 19.6. The van der Waals surface area contributed by atoms with E-state index in [4.69, 9.17) is 23.2 Å². The summed E-state index contributed by atoms with van der Waals surface area (Å²) in [5.41, 5.74) is 1.25. The quantitative estimate of drug-likeness (QED) is 0.597. The van der Waals surface area contributed by atoms with Crippen LogP contribution in [0, 0.1) is 0 Å². The van der Waals surface area contributed by atoms with Crippen molar-refractivity contribution in [2.45, 2.75) is 4.21 Å². The Hall–Kier alpha value is -2.06. The summed E-state index contributed by atoms with van der Waals surface area (Å²) in [5, 5.41) is 5.20. The van der Waals surface area contributed by atoms with Crippen molar-refractivity contribution < 1.29 is 13.2 Å². The first kappa shape index (κ1) is 19.7. The van der Waals surface area contributed by atoms with Crippen LogP contribution in [0.4, 0.5) is 11.4 Å². The summed E-state index contributed by atoms with van der Waals surface area (Å²) in [6.45, 7) is 0. The predicted molar refractivity (Wildman–Crippen MR) is 111 cm³/mol. The van der Waals surface area contributed by atoms with E-state index in [1.54, 1.807) is 53.9 Å². The minimum atomic E-state index is -3.62. The number of amides is 1. The average molecular weight is 441 g/mol. The molecule has 9 heteroatoms. The summed E-state index contributed by atoms with van der Waals surface area (Å²) >= 11 is 13.0. The molecule has 0 radical (unpaired) electrons. The molecule has 0 bridgehead atoms. The van der Waals surface area contributed by atoms with Gasteiger partial charge in [0, 0.05) is 17.6 Å². The molecule has 1 N–H and O–H groups in total. The first-order valence-electron chi connectivity index (χ1n) is 7.68. The van der Waals surface area contributed by atoms with Gasteiger partial charge in [-0.15, -0.1) is 11.3 Å². The minimum absolute atomic E-state index is 0.254. The van der Waals surface area contributed by atoms with Crippen LogP contribution in [0.1, 0.15) is 10.4 Å². The lowest BCUT2D eigenvalue weighted by atomic mass is 10.2. The molecule has 1 heterocycles. The van der Waals surface area contributed by atoms with Crippen molar-refractivity contribution in [3.63, 3.8) is 0 Å². The predicted octanol–water partition coefficient (Wildman–Crippen LogP) is 5.13. The van der Waals surface area contributed by atoms with Crippen molar-refractivity contribution in [3.05, 3.63) is 75.6 Å². The van der Waals surface area contributed by atoms with Gasteiger partial charge >= 0.3 is 0 Å². The second-order valence-corrected chi connectivity index (χ2v) is 9.52. The van der Waals surface area contributed by atoms with Crippen molar-refractivity contribution in [2.75, 3.05) is 16.7 Å². The molecule has 5 nitrogen and oxygen atoms in total. The molecule has 0 saturated carbocycles. The summed E-state index contributed by atoms with van der Waals surface area (Å²) in [6, 6.07) is 14.2. The maximum atomic E-state index is 12.6. The molecule has 3 rings (SSSR count). The molecule has 0 aliphatic carbocycles. The van der Waals surface area contributed by atoms with Crippen LogP contribution in [-0.2, 0) is 10.0 Å². The van der Waals surface area contributed by atoms with E-state index < -0.39 is 10.0 Å². The fourth-order valence-corrected chi connectivity index (χ4v) is 5.10. The number of thiophene rings is 1. The summed E-state index contributed by atoms with van der Waals surface area (Å²) in [4.78, 5) is 12.4. The van der Waals surface area contributed by atoms with Gasteiger partial charge in [0.2, 0.25) is 0 Å². The summed E-state index contributed by atoms with van der Waals surface area (Å²) < 4.78 is 26.5. The maximum absolute atomic E-state index is 12.6. The number of hydrogen-bond acceptors (Lipinski definition) is 4. The SMILES string of the molecule is CN(c1ccc(C(=O)Nc2ccc(Cl)cc2Cl)cc1)S(=O)(=O)c1cccs1. The zero-order valence-electron chi connectivity index (χ0n) is 14.0. The highest BCUT2D eigenvalue weighted by Crippen LogP contribution is 2.27. The van der Waals surface area contributed by atoms with Gasteiger partial charge in [-0.3, -0.25) is 9.10 Å². The average Bonchev–Trinajstić information content (AvgIpc) is 3.19. The Labute approximate surface area is 171 Å². The highest BCUT2D eigenvalue weighted by Gasteiger charge is 2.22. The highest BCUT2D eigenvalue weighted by atomic mass is 35.5. The molecule has 0 aliphatic rings. The third kappa shape index (κ3) is 4.27. The van der Waals surface area contributed by atoms with Crippen molar-refractivity contribution in [1.29, 1.82) is 0 Å². The molecule has 0 unspecified atom stereocenters. The number of hydrogen-bond donors (Lipinski definition) is 1. The standard InChI is InChI=1S/C18H14Cl2N2O3S2/c1-22(27(24,25)17-3-2-10-26-17)14-7-4-12(5-8-14)18(23)21-16-9-6-13(19)11-15(16)20/h2-11H,1H3,(H,21,23). The summed E-state index contributed by atoms with van der Waals surface area (Å²) in [5.74, 6) is -0.366. The van der Waals surface area contributed by atoms with Crippen LogP contribution < -0.4 is 9.62 Å². The molecule has 1 amide bonds. The second-order valence-electron chi connectivity index (χ2n) is 5.53. The molecule has 27 heavy (non-hydrogen) atoms. The van der Waals surface area contributed by atoms with E-state index in [2.05, 4.69) is 5.32 Å². The number of nitrogens with zero attached hydrogens (tertiary/aromatic N) is 1. The molecule has 1 aromatic heterocycles. The van der Waals surface area contributed by atoms with Crippen LogP contribution >= 0.6 is 34.5 Å². The normalized spacial score (nSPS) is 11.2. The van der Waals surface area contributed by atoms with Crippen molar-refractivity contribution >= 4 is 61.8 Å². The van der Waals surface area contributed by atoms with Gasteiger partial charge in [-0.25, -0.2) is 8.42 Å². The molecule has 0 fully saturated rings. The number of anilines is 2. The van der Waals surface area contributed by atoms with E-state index in [0.717, 1.165) is 11.3 Å². The van der Waals surface area contributed by atoms with Gasteiger partial charge in [-0.05, 0) is 53.9 Å². The van der Waals surface area contributed by atoms with Crippen molar-refractivity contribution in [1.82, 2.24) is 0 Å². The van der Waals surface area contributed by atoms with Gasteiger partial charge in [0.1, 0.15) is 4.21 Å². The second kappa shape index (κ2) is 7.90. The molecule has 3 aromatic rings. The lowest BCUT2D eigenvalue weighted by Gasteiger charge is -2.18. The molecule has 2 aromatic carbocycles. The van der Waals surface area contributed by atoms with Gasteiger partial charge in [-0.1, -0.05) is 29.3 Å². The smallest absolute Gasteiger partial charge is 0.273 e. The molecule has 140 valence electrons. The van der Waals surface area contributed by atoms with E-state index in [0.29, 0.717) is 27.0 Å². The largest absolute Gasteiger partial charge is 0.321 e.